The SMILES string of the molecule is CCc1nc(COc2cccc(Cl)c2)sc1C(C)=O. The van der Waals surface area contributed by atoms with E-state index in [1.165, 1.54) is 11.3 Å². The van der Waals surface area contributed by atoms with Gasteiger partial charge in [-0.3, -0.25) is 4.79 Å². The van der Waals surface area contributed by atoms with Gasteiger partial charge in [-0.1, -0.05) is 24.6 Å². The first kappa shape index (κ1) is 14.0. The lowest BCUT2D eigenvalue weighted by Gasteiger charge is -2.03. The topological polar surface area (TPSA) is 39.2 Å². The normalized spacial score (nSPS) is 10.5. The van der Waals surface area contributed by atoms with Crippen molar-refractivity contribution in [1.29, 1.82) is 0 Å². The minimum absolute atomic E-state index is 0.0587. The molecule has 19 heavy (non-hydrogen) atoms. The molecule has 0 saturated carbocycles. The third-order valence-electron chi connectivity index (χ3n) is 2.55. The monoisotopic (exact) mass is 295 g/mol. The molecule has 5 heteroatoms. The maximum Gasteiger partial charge on any atom is 0.171 e. The number of Topliss-reactive ketones (excluding diaryl/α,β-unsaturated/α-hetero) is 1. The van der Waals surface area contributed by atoms with Gasteiger partial charge in [-0.25, -0.2) is 4.98 Å². The number of benzene rings is 1. The van der Waals surface area contributed by atoms with E-state index in [-0.39, 0.29) is 5.78 Å². The molecule has 0 aliphatic rings. The highest BCUT2D eigenvalue weighted by atomic mass is 35.5. The molecule has 0 atom stereocenters. The molecular weight excluding hydrogens is 282 g/mol. The van der Waals surface area contributed by atoms with Gasteiger partial charge < -0.3 is 4.74 Å². The molecule has 1 aromatic heterocycles. The Hall–Kier alpha value is -1.39. The summed E-state index contributed by atoms with van der Waals surface area (Å²) in [4.78, 5) is 16.6. The summed E-state index contributed by atoms with van der Waals surface area (Å²) >= 11 is 7.28. The highest BCUT2D eigenvalue weighted by Gasteiger charge is 2.13. The fourth-order valence-corrected chi connectivity index (χ4v) is 2.82. The van der Waals surface area contributed by atoms with Gasteiger partial charge in [0.1, 0.15) is 17.4 Å². The molecule has 1 heterocycles. The first-order valence-electron chi connectivity index (χ1n) is 5.98. The second-order valence-corrected chi connectivity index (χ2v) is 5.56. The van der Waals surface area contributed by atoms with Crippen molar-refractivity contribution in [2.24, 2.45) is 0 Å². The summed E-state index contributed by atoms with van der Waals surface area (Å²) in [7, 11) is 0. The number of carbonyl (C=O) groups is 1. The fourth-order valence-electron chi connectivity index (χ4n) is 1.68. The summed E-state index contributed by atoms with van der Waals surface area (Å²) < 4.78 is 5.62. The molecule has 0 bridgehead atoms. The summed E-state index contributed by atoms with van der Waals surface area (Å²) in [6, 6.07) is 7.22. The van der Waals surface area contributed by atoms with Gasteiger partial charge in [0.15, 0.2) is 5.78 Å². The van der Waals surface area contributed by atoms with Crippen LogP contribution in [0, 0.1) is 0 Å². The molecule has 2 rings (SSSR count). The van der Waals surface area contributed by atoms with E-state index in [2.05, 4.69) is 4.98 Å². The van der Waals surface area contributed by atoms with Crippen LogP contribution in [0.5, 0.6) is 5.75 Å². The van der Waals surface area contributed by atoms with Gasteiger partial charge in [0.05, 0.1) is 10.6 Å². The molecule has 0 radical (unpaired) electrons. The van der Waals surface area contributed by atoms with E-state index >= 15 is 0 Å². The number of aryl methyl sites for hydroxylation is 1. The van der Waals surface area contributed by atoms with Crippen molar-refractivity contribution in [2.45, 2.75) is 26.9 Å². The Labute approximate surface area is 121 Å². The maximum absolute atomic E-state index is 11.5. The zero-order valence-corrected chi connectivity index (χ0v) is 12.3. The van der Waals surface area contributed by atoms with Crippen LogP contribution in [0.2, 0.25) is 5.02 Å². The van der Waals surface area contributed by atoms with Crippen molar-refractivity contribution in [3.63, 3.8) is 0 Å². The van der Waals surface area contributed by atoms with Crippen LogP contribution < -0.4 is 4.74 Å². The van der Waals surface area contributed by atoms with Crippen molar-refractivity contribution >= 4 is 28.7 Å². The Balaban J connectivity index is 2.09. The van der Waals surface area contributed by atoms with Crippen LogP contribution in [0.3, 0.4) is 0 Å². The number of hydrogen-bond acceptors (Lipinski definition) is 4. The number of carbonyl (C=O) groups excluding carboxylic acids is 1. The predicted molar refractivity (Wildman–Crippen MR) is 77.3 cm³/mol. The van der Waals surface area contributed by atoms with Crippen LogP contribution in [0.15, 0.2) is 24.3 Å². The van der Waals surface area contributed by atoms with Gasteiger partial charge in [0.25, 0.3) is 0 Å². The number of rotatable bonds is 5. The van der Waals surface area contributed by atoms with Crippen LogP contribution in [0.1, 0.15) is 34.2 Å². The van der Waals surface area contributed by atoms with E-state index in [1.54, 1.807) is 19.1 Å². The standard InChI is InChI=1S/C14H14ClNO2S/c1-3-12-14(9(2)17)19-13(16-12)8-18-11-6-4-5-10(15)7-11/h4-7H,3,8H2,1-2H3. The van der Waals surface area contributed by atoms with Crippen molar-refractivity contribution in [3.05, 3.63) is 44.9 Å². The van der Waals surface area contributed by atoms with Crippen molar-refractivity contribution in [1.82, 2.24) is 4.98 Å². The number of hydrogen-bond donors (Lipinski definition) is 0. The molecule has 100 valence electrons. The van der Waals surface area contributed by atoms with Gasteiger partial charge >= 0.3 is 0 Å². The van der Waals surface area contributed by atoms with Crippen LogP contribution in [-0.4, -0.2) is 10.8 Å². The number of ether oxygens (including phenoxy) is 1. The van der Waals surface area contributed by atoms with E-state index in [4.69, 9.17) is 16.3 Å². The number of aromatic nitrogens is 1. The van der Waals surface area contributed by atoms with Crippen LogP contribution in [-0.2, 0) is 13.0 Å². The minimum atomic E-state index is 0.0587. The molecular formula is C14H14ClNO2S. The van der Waals surface area contributed by atoms with E-state index < -0.39 is 0 Å². The molecule has 1 aromatic carbocycles. The number of thiazole rings is 1. The average molecular weight is 296 g/mol. The lowest BCUT2D eigenvalue weighted by Crippen LogP contribution is -1.95. The smallest absolute Gasteiger partial charge is 0.171 e. The molecule has 2 aromatic rings. The lowest BCUT2D eigenvalue weighted by molar-refractivity contribution is 0.102. The fraction of sp³-hybridized carbons (Fsp3) is 0.286. The van der Waals surface area contributed by atoms with Crippen LogP contribution in [0.4, 0.5) is 0 Å². The quantitative estimate of drug-likeness (QED) is 0.778. The van der Waals surface area contributed by atoms with Gasteiger partial charge in [-0.05, 0) is 24.6 Å². The molecule has 0 unspecified atom stereocenters. The summed E-state index contributed by atoms with van der Waals surface area (Å²) in [5.74, 6) is 0.758. The zero-order valence-electron chi connectivity index (χ0n) is 10.8. The Kier molecular flexibility index (Phi) is 4.56. The van der Waals surface area contributed by atoms with E-state index in [0.717, 1.165) is 22.0 Å². The second kappa shape index (κ2) is 6.17. The van der Waals surface area contributed by atoms with Crippen LogP contribution in [0.25, 0.3) is 0 Å². The van der Waals surface area contributed by atoms with Crippen LogP contribution >= 0.6 is 22.9 Å². The Morgan fingerprint density at radius 2 is 2.26 bits per heavy atom. The summed E-state index contributed by atoms with van der Waals surface area (Å²) in [6.07, 6.45) is 0.753. The molecule has 0 saturated heterocycles. The second-order valence-electron chi connectivity index (χ2n) is 4.04. The third kappa shape index (κ3) is 3.55. The largest absolute Gasteiger partial charge is 0.486 e. The summed E-state index contributed by atoms with van der Waals surface area (Å²) in [5.41, 5.74) is 0.849. The van der Waals surface area contributed by atoms with Crippen molar-refractivity contribution in [2.75, 3.05) is 0 Å². The lowest BCUT2D eigenvalue weighted by atomic mass is 10.2. The maximum atomic E-state index is 11.5. The minimum Gasteiger partial charge on any atom is -0.486 e. The van der Waals surface area contributed by atoms with Crippen molar-refractivity contribution < 1.29 is 9.53 Å². The van der Waals surface area contributed by atoms with E-state index in [0.29, 0.717) is 17.4 Å². The highest BCUT2D eigenvalue weighted by Crippen LogP contribution is 2.23. The van der Waals surface area contributed by atoms with E-state index in [9.17, 15) is 4.79 Å². The van der Waals surface area contributed by atoms with Gasteiger partial charge in [-0.2, -0.15) is 0 Å². The zero-order chi connectivity index (χ0) is 13.8. The molecule has 0 amide bonds. The molecule has 0 N–H and O–H groups in total. The Morgan fingerprint density at radius 1 is 1.47 bits per heavy atom. The molecule has 0 aliphatic heterocycles. The van der Waals surface area contributed by atoms with Gasteiger partial charge in [0.2, 0.25) is 0 Å². The molecule has 0 aliphatic carbocycles. The van der Waals surface area contributed by atoms with Gasteiger partial charge in [0, 0.05) is 11.9 Å². The molecule has 3 nitrogen and oxygen atoms in total. The Bertz CT molecular complexity index is 595. The summed E-state index contributed by atoms with van der Waals surface area (Å²) in [6.45, 7) is 3.91. The number of ketones is 1. The number of nitrogens with zero attached hydrogens (tertiary/aromatic N) is 1. The highest BCUT2D eigenvalue weighted by molar-refractivity contribution is 7.13. The number of halogens is 1. The first-order chi connectivity index (χ1) is 9.10. The third-order valence-corrected chi connectivity index (χ3v) is 3.96. The average Bonchev–Trinajstić information content (AvgIpc) is 2.80. The summed E-state index contributed by atoms with van der Waals surface area (Å²) in [5, 5.41) is 1.44. The molecule has 0 spiro atoms. The Morgan fingerprint density at radius 3 is 2.84 bits per heavy atom. The molecule has 0 fully saturated rings. The first-order valence-corrected chi connectivity index (χ1v) is 7.17. The van der Waals surface area contributed by atoms with E-state index in [1.807, 2.05) is 19.1 Å². The van der Waals surface area contributed by atoms with Crippen molar-refractivity contribution in [3.8, 4) is 5.75 Å². The van der Waals surface area contributed by atoms with Gasteiger partial charge in [-0.15, -0.1) is 11.3 Å². The predicted octanol–water partition coefficient (Wildman–Crippen LogP) is 4.14.